The van der Waals surface area contributed by atoms with Crippen molar-refractivity contribution in [1.29, 1.82) is 0 Å². The molecule has 0 unspecified atom stereocenters. The van der Waals surface area contributed by atoms with Gasteiger partial charge in [-0.05, 0) is 66.2 Å². The van der Waals surface area contributed by atoms with Gasteiger partial charge in [-0.2, -0.15) is 30.7 Å². The van der Waals surface area contributed by atoms with Crippen LogP contribution in [-0.4, -0.2) is 47.2 Å². The molecule has 1 N–H and O–H groups in total. The van der Waals surface area contributed by atoms with Crippen molar-refractivity contribution in [3.05, 3.63) is 78.2 Å². The maximum absolute atomic E-state index is 12.9. The van der Waals surface area contributed by atoms with E-state index >= 15 is 0 Å². The zero-order chi connectivity index (χ0) is 28.8. The Kier molecular flexibility index (Phi) is 21.6. The van der Waals surface area contributed by atoms with Crippen LogP contribution in [0.2, 0.25) is 0 Å². The second-order valence-electron chi connectivity index (χ2n) is 9.99. The summed E-state index contributed by atoms with van der Waals surface area (Å²) in [5.74, 6) is 0. The summed E-state index contributed by atoms with van der Waals surface area (Å²) in [6.45, 7) is 12.0. The Morgan fingerprint density at radius 1 is 0.780 bits per heavy atom. The molecule has 0 aromatic heterocycles. The van der Waals surface area contributed by atoms with Crippen molar-refractivity contribution in [2.75, 3.05) is 0 Å². The number of nitrogens with one attached hydrogen (secondary N) is 1. The maximum atomic E-state index is 12.9. The van der Waals surface area contributed by atoms with Gasteiger partial charge in [0.15, 0.2) is 0 Å². The number of rotatable bonds is 5. The first kappa shape index (κ1) is 47.1. The van der Waals surface area contributed by atoms with E-state index in [1.54, 1.807) is 54.5 Å². The first-order valence-corrected chi connectivity index (χ1v) is 13.4. The van der Waals surface area contributed by atoms with E-state index in [9.17, 15) is 34.8 Å². The van der Waals surface area contributed by atoms with Gasteiger partial charge in [0.1, 0.15) is 11.0 Å². The van der Waals surface area contributed by atoms with Crippen molar-refractivity contribution < 1.29 is 51.7 Å². The quantitative estimate of drug-likeness (QED) is 0.204. The fourth-order valence-corrected chi connectivity index (χ4v) is 3.99. The molecule has 41 heavy (non-hydrogen) atoms. The van der Waals surface area contributed by atoms with Gasteiger partial charge in [-0.3, -0.25) is 0 Å². The molecule has 232 valence electrons. The molecule has 0 saturated carbocycles. The van der Waals surface area contributed by atoms with E-state index in [1.165, 1.54) is 30.3 Å². The maximum Gasteiger partial charge on any atom is 2.00 e. The number of nitrogens with zero attached hydrogens (tertiary/aromatic N) is 1. The van der Waals surface area contributed by atoms with Crippen LogP contribution in [-0.2, 0) is 34.3 Å². The summed E-state index contributed by atoms with van der Waals surface area (Å²) in [6, 6.07) is 9.75. The minimum atomic E-state index is -4.44. The van der Waals surface area contributed by atoms with Crippen LogP contribution in [0, 0.1) is 7.43 Å². The third-order valence-electron chi connectivity index (χ3n) is 4.65. The van der Waals surface area contributed by atoms with E-state index in [1.807, 2.05) is 0 Å². The Morgan fingerprint density at radius 3 is 1.61 bits per heavy atom. The molecular weight excluding hydrogens is 667 g/mol. The van der Waals surface area contributed by atoms with Crippen molar-refractivity contribution in [3.8, 4) is 0 Å². The van der Waals surface area contributed by atoms with Gasteiger partial charge in [0.05, 0.1) is 31.6 Å². The summed E-state index contributed by atoms with van der Waals surface area (Å²) in [7, 11) is -2.99. The van der Waals surface area contributed by atoms with Crippen LogP contribution in [0.25, 0.3) is 0 Å². The van der Waals surface area contributed by atoms with Gasteiger partial charge in [0.25, 0.3) is 0 Å². The first-order valence-electron chi connectivity index (χ1n) is 11.1. The van der Waals surface area contributed by atoms with Gasteiger partial charge < -0.3 is 24.4 Å². The molecule has 0 spiro atoms. The summed E-state index contributed by atoms with van der Waals surface area (Å²) in [5.41, 5.74) is -1.45. The summed E-state index contributed by atoms with van der Waals surface area (Å²) in [4.78, 5) is 0. The van der Waals surface area contributed by atoms with E-state index in [-0.39, 0.29) is 66.0 Å². The third-order valence-corrected chi connectivity index (χ3v) is 7.67. The third kappa shape index (κ3) is 16.0. The Hall–Kier alpha value is -0.804. The van der Waals surface area contributed by atoms with Crippen LogP contribution >= 0.6 is 0 Å². The predicted octanol–water partition coefficient (Wildman–Crippen LogP) is 5.11. The SMILES string of the molecule is C.CC(C)(C)[S@@](=O)N=Cc1ccccc1C(F)(F)F.C[C@H](N[S@](=O)C(C)(C)C)c1ccccc1C(F)(F)F.[Br-].[CH3-].[Mg+2]. The average Bonchev–Trinajstić information content (AvgIpc) is 2.75. The van der Waals surface area contributed by atoms with Crippen molar-refractivity contribution >= 4 is 51.2 Å². The summed E-state index contributed by atoms with van der Waals surface area (Å²) in [6.07, 6.45) is -7.83. The Labute approximate surface area is 272 Å². The fourth-order valence-electron chi connectivity index (χ4n) is 2.66. The summed E-state index contributed by atoms with van der Waals surface area (Å²) < 4.78 is 105. The standard InChI is InChI=1S/C13H18F3NOS.C12H14F3NOS.CH4.CH3.BrH.Mg/c1-9(17-19(18)12(2,3)4)10-7-5-6-8-11(10)13(14,15)16;1-11(2,3)18(17)16-8-9-6-4-5-7-10(9)12(13,14)15;;;;/h5-9,17H,1-4H3;4-8H,1-3H3;1H4;1H3;1H;/q;;;-1;;+2/p-1/t9-,19+;18-;;;;/m01..../s1. The van der Waals surface area contributed by atoms with Gasteiger partial charge in [-0.15, -0.1) is 0 Å². The Balaban J connectivity index is -0.000000305. The van der Waals surface area contributed by atoms with Gasteiger partial charge in [0.2, 0.25) is 0 Å². The van der Waals surface area contributed by atoms with Gasteiger partial charge in [-0.25, -0.2) is 13.1 Å². The van der Waals surface area contributed by atoms with E-state index in [2.05, 4.69) is 9.12 Å². The second kappa shape index (κ2) is 18.8. The topological polar surface area (TPSA) is 58.5 Å². The summed E-state index contributed by atoms with van der Waals surface area (Å²) in [5, 5.41) is 0. The van der Waals surface area contributed by atoms with Crippen LogP contribution in [0.3, 0.4) is 0 Å². The van der Waals surface area contributed by atoms with E-state index < -0.39 is 61.0 Å². The molecular formula is C27H39BrF6MgN2O2S2. The van der Waals surface area contributed by atoms with Gasteiger partial charge in [-0.1, -0.05) is 43.8 Å². The Morgan fingerprint density at radius 2 is 1.20 bits per heavy atom. The van der Waals surface area contributed by atoms with Gasteiger partial charge >= 0.3 is 35.4 Å². The van der Waals surface area contributed by atoms with Crippen molar-refractivity contribution in [2.24, 2.45) is 4.40 Å². The predicted molar refractivity (Wildman–Crippen MR) is 157 cm³/mol. The molecule has 0 saturated heterocycles. The largest absolute Gasteiger partial charge is 2.00 e. The number of alkyl halides is 6. The van der Waals surface area contributed by atoms with Crippen LogP contribution in [0.15, 0.2) is 52.9 Å². The average molecular weight is 706 g/mol. The molecule has 2 rings (SSSR count). The molecule has 2 aromatic rings. The molecule has 4 nitrogen and oxygen atoms in total. The summed E-state index contributed by atoms with van der Waals surface area (Å²) >= 11 is 0. The minimum Gasteiger partial charge on any atom is -1.00 e. The smallest absolute Gasteiger partial charge is 1.00 e. The number of hydrogen-bond acceptors (Lipinski definition) is 2. The molecule has 0 fully saturated rings. The molecule has 14 heteroatoms. The van der Waals surface area contributed by atoms with Crippen LogP contribution in [0.5, 0.6) is 0 Å². The second-order valence-corrected chi connectivity index (χ2v) is 13.9. The van der Waals surface area contributed by atoms with Crippen LogP contribution in [0.4, 0.5) is 26.3 Å². The molecule has 0 radical (unpaired) electrons. The molecule has 0 amide bonds. The number of benzene rings is 2. The molecule has 3 atom stereocenters. The van der Waals surface area contributed by atoms with Crippen molar-refractivity contribution in [2.45, 2.75) is 83.8 Å². The van der Waals surface area contributed by atoms with Crippen molar-refractivity contribution in [1.82, 2.24) is 4.72 Å². The molecule has 0 heterocycles. The minimum absolute atomic E-state index is 0. The molecule has 0 bridgehead atoms. The zero-order valence-electron chi connectivity index (χ0n) is 23.7. The number of hydrogen-bond donors (Lipinski definition) is 1. The number of halogens is 7. The van der Waals surface area contributed by atoms with E-state index in [0.29, 0.717) is 0 Å². The van der Waals surface area contributed by atoms with Crippen LogP contribution < -0.4 is 21.7 Å². The Bertz CT molecular complexity index is 1130. The van der Waals surface area contributed by atoms with Crippen molar-refractivity contribution in [3.63, 3.8) is 0 Å². The normalized spacial score (nSPS) is 14.1. The molecule has 0 aliphatic rings. The van der Waals surface area contributed by atoms with E-state index in [0.717, 1.165) is 18.3 Å². The van der Waals surface area contributed by atoms with Gasteiger partial charge in [0, 0.05) is 17.8 Å². The fraction of sp³-hybridized carbons (Fsp3) is 0.481. The zero-order valence-corrected chi connectivity index (χ0v) is 28.3. The first-order chi connectivity index (χ1) is 16.7. The molecule has 0 aliphatic heterocycles. The monoisotopic (exact) mass is 704 g/mol. The van der Waals surface area contributed by atoms with Crippen LogP contribution in [0.1, 0.15) is 84.2 Å². The van der Waals surface area contributed by atoms with E-state index in [4.69, 9.17) is 0 Å². The molecule has 2 aromatic carbocycles. The molecule has 0 aliphatic carbocycles.